The van der Waals surface area contributed by atoms with E-state index in [1.54, 1.807) is 31.7 Å². The molecule has 0 aromatic heterocycles. The second kappa shape index (κ2) is 10.3. The zero-order chi connectivity index (χ0) is 25.2. The summed E-state index contributed by atoms with van der Waals surface area (Å²) in [5.74, 6) is -1.65. The van der Waals surface area contributed by atoms with Crippen LogP contribution in [-0.2, 0) is 16.1 Å². The Morgan fingerprint density at radius 3 is 2.46 bits per heavy atom. The number of benzene rings is 2. The molecule has 8 heteroatoms. The highest BCUT2D eigenvalue weighted by molar-refractivity contribution is 5.92. The van der Waals surface area contributed by atoms with Gasteiger partial charge in [-0.3, -0.25) is 9.69 Å². The van der Waals surface area contributed by atoms with Crippen LogP contribution < -0.4 is 5.32 Å². The molecule has 6 nitrogen and oxygen atoms in total. The lowest BCUT2D eigenvalue weighted by atomic mass is 10.0. The quantitative estimate of drug-likeness (QED) is 0.625. The van der Waals surface area contributed by atoms with E-state index < -0.39 is 23.4 Å². The SMILES string of the molecule is CC(C)(C)OC(=O)N1CCC(=C(F)C(=O)N[C@@H]2CCN(Cc3ccc4cc(F)ccc4c3)C2)CC1. The van der Waals surface area contributed by atoms with Gasteiger partial charge in [0.2, 0.25) is 0 Å². The number of piperidine rings is 1. The van der Waals surface area contributed by atoms with Gasteiger partial charge in [-0.15, -0.1) is 0 Å². The number of amides is 2. The molecule has 2 amide bonds. The zero-order valence-electron chi connectivity index (χ0n) is 20.6. The highest BCUT2D eigenvalue weighted by Crippen LogP contribution is 2.24. The van der Waals surface area contributed by atoms with Gasteiger partial charge in [0.1, 0.15) is 11.4 Å². The molecule has 2 aromatic rings. The van der Waals surface area contributed by atoms with Crippen molar-refractivity contribution in [3.63, 3.8) is 0 Å². The molecule has 2 saturated heterocycles. The molecule has 0 bridgehead atoms. The van der Waals surface area contributed by atoms with Crippen LogP contribution in [-0.4, -0.2) is 59.6 Å². The molecule has 188 valence electrons. The average Bonchev–Trinajstić information content (AvgIpc) is 3.24. The molecule has 2 aromatic carbocycles. The lowest BCUT2D eigenvalue weighted by molar-refractivity contribution is -0.119. The zero-order valence-corrected chi connectivity index (χ0v) is 20.6. The molecule has 0 spiro atoms. The van der Waals surface area contributed by atoms with Crippen LogP contribution in [0.1, 0.15) is 45.6 Å². The number of fused-ring (bicyclic) bond motifs is 1. The highest BCUT2D eigenvalue weighted by atomic mass is 19.1. The van der Waals surface area contributed by atoms with Crippen molar-refractivity contribution >= 4 is 22.8 Å². The number of carbonyl (C=O) groups excluding carboxylic acids is 2. The van der Waals surface area contributed by atoms with Crippen LogP contribution >= 0.6 is 0 Å². The standard InChI is InChI=1S/C27H33F2N3O3/c1-27(2,3)35-26(34)32-12-8-19(9-13-32)24(29)25(33)30-23-10-11-31(17-23)16-18-4-5-21-15-22(28)7-6-20(21)14-18/h4-7,14-15,23H,8-13,16-17H2,1-3H3,(H,30,33)/t23-/m1/s1. The topological polar surface area (TPSA) is 61.9 Å². The fourth-order valence-electron chi connectivity index (χ4n) is 4.63. The van der Waals surface area contributed by atoms with Gasteiger partial charge in [0.25, 0.3) is 5.91 Å². The van der Waals surface area contributed by atoms with Gasteiger partial charge < -0.3 is 15.0 Å². The number of ether oxygens (including phenoxy) is 1. The summed E-state index contributed by atoms with van der Waals surface area (Å²) in [6.45, 7) is 8.23. The van der Waals surface area contributed by atoms with Gasteiger partial charge in [0.05, 0.1) is 0 Å². The average molecular weight is 486 g/mol. The van der Waals surface area contributed by atoms with Crippen molar-refractivity contribution in [3.8, 4) is 0 Å². The molecule has 0 unspecified atom stereocenters. The fourth-order valence-corrected chi connectivity index (χ4v) is 4.63. The molecule has 0 aliphatic carbocycles. The number of likely N-dealkylation sites (tertiary alicyclic amines) is 2. The second-order valence-electron chi connectivity index (χ2n) is 10.4. The maximum atomic E-state index is 14.8. The van der Waals surface area contributed by atoms with Crippen molar-refractivity contribution in [2.45, 2.75) is 58.2 Å². The Bertz CT molecular complexity index is 1130. The number of nitrogens with zero attached hydrogens (tertiary/aromatic N) is 2. The van der Waals surface area contributed by atoms with E-state index in [0.717, 1.165) is 29.3 Å². The first-order chi connectivity index (χ1) is 16.6. The van der Waals surface area contributed by atoms with Crippen LogP contribution in [0.2, 0.25) is 0 Å². The van der Waals surface area contributed by atoms with Gasteiger partial charge in [-0.1, -0.05) is 18.2 Å². The Balaban J connectivity index is 1.27. The predicted octanol–water partition coefficient (Wildman–Crippen LogP) is 4.92. The molecule has 4 rings (SSSR count). The summed E-state index contributed by atoms with van der Waals surface area (Å²) in [7, 11) is 0. The van der Waals surface area contributed by atoms with E-state index in [-0.39, 0.29) is 11.9 Å². The maximum absolute atomic E-state index is 14.8. The molecule has 2 aliphatic heterocycles. The molecule has 2 fully saturated rings. The lowest BCUT2D eigenvalue weighted by Gasteiger charge is -2.31. The van der Waals surface area contributed by atoms with E-state index in [0.29, 0.717) is 44.6 Å². The third-order valence-electron chi connectivity index (χ3n) is 6.41. The molecule has 35 heavy (non-hydrogen) atoms. The van der Waals surface area contributed by atoms with Crippen LogP contribution in [0, 0.1) is 5.82 Å². The molecule has 2 aliphatic rings. The van der Waals surface area contributed by atoms with E-state index in [9.17, 15) is 18.4 Å². The highest BCUT2D eigenvalue weighted by Gasteiger charge is 2.29. The third kappa shape index (κ3) is 6.57. The van der Waals surface area contributed by atoms with Crippen LogP contribution in [0.4, 0.5) is 13.6 Å². The van der Waals surface area contributed by atoms with Gasteiger partial charge in [-0.25, -0.2) is 13.6 Å². The molecule has 2 heterocycles. The van der Waals surface area contributed by atoms with Crippen molar-refractivity contribution in [1.82, 2.24) is 15.1 Å². The molecular formula is C27H33F2N3O3. The number of hydrogen-bond donors (Lipinski definition) is 1. The maximum Gasteiger partial charge on any atom is 0.410 e. The largest absolute Gasteiger partial charge is 0.444 e. The van der Waals surface area contributed by atoms with Crippen LogP contribution in [0.3, 0.4) is 0 Å². The summed E-state index contributed by atoms with van der Waals surface area (Å²) < 4.78 is 33.6. The first-order valence-electron chi connectivity index (χ1n) is 12.1. The van der Waals surface area contributed by atoms with Crippen molar-refractivity contribution < 1.29 is 23.1 Å². The van der Waals surface area contributed by atoms with Gasteiger partial charge in [-0.2, -0.15) is 0 Å². The van der Waals surface area contributed by atoms with Gasteiger partial charge in [0, 0.05) is 38.8 Å². The predicted molar refractivity (Wildman–Crippen MR) is 131 cm³/mol. The first-order valence-corrected chi connectivity index (χ1v) is 12.1. The summed E-state index contributed by atoms with van der Waals surface area (Å²) >= 11 is 0. The summed E-state index contributed by atoms with van der Waals surface area (Å²) in [4.78, 5) is 28.5. The number of rotatable bonds is 4. The van der Waals surface area contributed by atoms with Gasteiger partial charge >= 0.3 is 6.09 Å². The number of halogens is 2. The Labute approximate surface area is 204 Å². The Hall–Kier alpha value is -3.00. The molecule has 1 atom stereocenters. The minimum atomic E-state index is -0.728. The minimum Gasteiger partial charge on any atom is -0.444 e. The molecule has 1 N–H and O–H groups in total. The summed E-state index contributed by atoms with van der Waals surface area (Å²) in [6.07, 6.45) is 0.980. The van der Waals surface area contributed by atoms with Gasteiger partial charge in [0.15, 0.2) is 5.83 Å². The number of nitrogens with one attached hydrogen (secondary N) is 1. The number of carbonyl (C=O) groups is 2. The third-order valence-corrected chi connectivity index (χ3v) is 6.41. The number of hydrogen-bond acceptors (Lipinski definition) is 4. The van der Waals surface area contributed by atoms with Crippen molar-refractivity contribution in [1.29, 1.82) is 0 Å². The van der Waals surface area contributed by atoms with Crippen molar-refractivity contribution in [3.05, 3.63) is 59.2 Å². The molecule has 0 saturated carbocycles. The Kier molecular flexibility index (Phi) is 7.40. The fraction of sp³-hybridized carbons (Fsp3) is 0.481. The van der Waals surface area contributed by atoms with E-state index in [4.69, 9.17) is 4.74 Å². The monoisotopic (exact) mass is 485 g/mol. The van der Waals surface area contributed by atoms with Crippen LogP contribution in [0.15, 0.2) is 47.8 Å². The van der Waals surface area contributed by atoms with Gasteiger partial charge in [-0.05, 0) is 80.1 Å². The first kappa shape index (κ1) is 25.1. The summed E-state index contributed by atoms with van der Waals surface area (Å²) in [6, 6.07) is 10.6. The summed E-state index contributed by atoms with van der Waals surface area (Å²) in [5, 5.41) is 4.68. The van der Waals surface area contributed by atoms with E-state index >= 15 is 0 Å². The van der Waals surface area contributed by atoms with Crippen LogP contribution in [0.5, 0.6) is 0 Å². The lowest BCUT2D eigenvalue weighted by Crippen LogP contribution is -2.41. The van der Waals surface area contributed by atoms with Crippen LogP contribution in [0.25, 0.3) is 10.8 Å². The molecule has 0 radical (unpaired) electrons. The minimum absolute atomic E-state index is 0.120. The Morgan fingerprint density at radius 2 is 1.74 bits per heavy atom. The summed E-state index contributed by atoms with van der Waals surface area (Å²) in [5.41, 5.74) is 0.979. The van der Waals surface area contributed by atoms with Crippen molar-refractivity contribution in [2.75, 3.05) is 26.2 Å². The normalized spacial score (nSPS) is 19.2. The smallest absolute Gasteiger partial charge is 0.410 e. The van der Waals surface area contributed by atoms with E-state index in [2.05, 4.69) is 16.3 Å². The van der Waals surface area contributed by atoms with E-state index in [1.807, 2.05) is 12.1 Å². The van der Waals surface area contributed by atoms with Crippen molar-refractivity contribution in [2.24, 2.45) is 0 Å². The second-order valence-corrected chi connectivity index (χ2v) is 10.4. The molecular weight excluding hydrogens is 452 g/mol. The van der Waals surface area contributed by atoms with E-state index in [1.165, 1.54) is 12.1 Å². The Morgan fingerprint density at radius 1 is 1.06 bits per heavy atom.